The van der Waals surface area contributed by atoms with Gasteiger partial charge >= 0.3 is 0 Å². The molecule has 2 N–H and O–H groups in total. The first-order chi connectivity index (χ1) is 7.54. The summed E-state index contributed by atoms with van der Waals surface area (Å²) in [6, 6.07) is 4.73. The number of aromatic hydroxyl groups is 1. The van der Waals surface area contributed by atoms with Crippen LogP contribution in [-0.2, 0) is 11.3 Å². The first kappa shape index (κ1) is 12.2. The van der Waals surface area contributed by atoms with Gasteiger partial charge in [0.15, 0.2) is 5.78 Å². The van der Waals surface area contributed by atoms with Crippen LogP contribution in [0, 0.1) is 0 Å². The van der Waals surface area contributed by atoms with E-state index < -0.39 is 0 Å². The molecule has 0 heterocycles. The third kappa shape index (κ3) is 3.08. The standard InChI is InChI=1S/C12H15NO3/c1-3-12(16)13-7-9-4-5-11(15)10(6-9)8(2)14/h4-6,15H,3,7H2,1-2H3,(H,13,16). The van der Waals surface area contributed by atoms with Crippen LogP contribution in [0.5, 0.6) is 5.75 Å². The summed E-state index contributed by atoms with van der Waals surface area (Å²) in [4.78, 5) is 22.2. The van der Waals surface area contributed by atoms with Crippen LogP contribution in [-0.4, -0.2) is 16.8 Å². The molecule has 0 radical (unpaired) electrons. The van der Waals surface area contributed by atoms with Crippen molar-refractivity contribution < 1.29 is 14.7 Å². The Hall–Kier alpha value is -1.84. The molecule has 0 atom stereocenters. The minimum atomic E-state index is -0.193. The van der Waals surface area contributed by atoms with Gasteiger partial charge in [-0.05, 0) is 24.6 Å². The Morgan fingerprint density at radius 3 is 2.62 bits per heavy atom. The van der Waals surface area contributed by atoms with E-state index in [1.807, 2.05) is 0 Å². The van der Waals surface area contributed by atoms with Crippen molar-refractivity contribution in [2.45, 2.75) is 26.8 Å². The van der Waals surface area contributed by atoms with Gasteiger partial charge in [0, 0.05) is 13.0 Å². The maximum absolute atomic E-state index is 11.2. The molecule has 16 heavy (non-hydrogen) atoms. The van der Waals surface area contributed by atoms with Crippen molar-refractivity contribution in [2.75, 3.05) is 0 Å². The SMILES string of the molecule is CCC(=O)NCc1ccc(O)c(C(C)=O)c1. The van der Waals surface area contributed by atoms with Crippen LogP contribution in [0.3, 0.4) is 0 Å². The van der Waals surface area contributed by atoms with E-state index >= 15 is 0 Å². The number of carbonyl (C=O) groups excluding carboxylic acids is 2. The fraction of sp³-hybridized carbons (Fsp3) is 0.333. The van der Waals surface area contributed by atoms with E-state index in [1.165, 1.54) is 13.0 Å². The molecular formula is C12H15NO3. The molecule has 1 amide bonds. The molecule has 0 saturated carbocycles. The lowest BCUT2D eigenvalue weighted by molar-refractivity contribution is -0.120. The van der Waals surface area contributed by atoms with Crippen LogP contribution in [0.25, 0.3) is 0 Å². The Labute approximate surface area is 94.3 Å². The van der Waals surface area contributed by atoms with Crippen molar-refractivity contribution in [1.82, 2.24) is 5.32 Å². The molecule has 86 valence electrons. The predicted molar refractivity (Wildman–Crippen MR) is 60.2 cm³/mol. The van der Waals surface area contributed by atoms with Gasteiger partial charge < -0.3 is 10.4 Å². The second-order valence-electron chi connectivity index (χ2n) is 3.54. The molecule has 1 aromatic carbocycles. The van der Waals surface area contributed by atoms with Gasteiger partial charge in [-0.3, -0.25) is 9.59 Å². The van der Waals surface area contributed by atoms with Crippen LogP contribution >= 0.6 is 0 Å². The first-order valence-corrected chi connectivity index (χ1v) is 5.14. The van der Waals surface area contributed by atoms with Gasteiger partial charge in [0.05, 0.1) is 5.56 Å². The summed E-state index contributed by atoms with van der Waals surface area (Å²) >= 11 is 0. The quantitative estimate of drug-likeness (QED) is 0.759. The van der Waals surface area contributed by atoms with Crippen molar-refractivity contribution in [3.8, 4) is 5.75 Å². The monoisotopic (exact) mass is 221 g/mol. The van der Waals surface area contributed by atoms with Crippen LogP contribution in [0.1, 0.15) is 36.2 Å². The van der Waals surface area contributed by atoms with Gasteiger partial charge in [-0.2, -0.15) is 0 Å². The summed E-state index contributed by atoms with van der Waals surface area (Å²) in [5, 5.41) is 12.1. The minimum absolute atomic E-state index is 0.0296. The Kier molecular flexibility index (Phi) is 4.05. The van der Waals surface area contributed by atoms with E-state index in [2.05, 4.69) is 5.32 Å². The van der Waals surface area contributed by atoms with Gasteiger partial charge in [-0.25, -0.2) is 0 Å². The Morgan fingerprint density at radius 1 is 1.38 bits per heavy atom. The second kappa shape index (κ2) is 5.30. The number of phenolic OH excluding ortho intramolecular Hbond substituents is 1. The zero-order chi connectivity index (χ0) is 12.1. The van der Waals surface area contributed by atoms with Crippen LogP contribution in [0.4, 0.5) is 0 Å². The summed E-state index contributed by atoms with van der Waals surface area (Å²) in [6.45, 7) is 3.53. The second-order valence-corrected chi connectivity index (χ2v) is 3.54. The van der Waals surface area contributed by atoms with E-state index in [-0.39, 0.29) is 23.0 Å². The summed E-state index contributed by atoms with van der Waals surface area (Å²) in [7, 11) is 0. The number of hydrogen-bond acceptors (Lipinski definition) is 3. The lowest BCUT2D eigenvalue weighted by Gasteiger charge is -2.06. The summed E-state index contributed by atoms with van der Waals surface area (Å²) in [6.07, 6.45) is 0.428. The van der Waals surface area contributed by atoms with Gasteiger partial charge in [0.1, 0.15) is 5.75 Å². The normalized spacial score (nSPS) is 9.88. The maximum atomic E-state index is 11.2. The van der Waals surface area contributed by atoms with Crippen molar-refractivity contribution >= 4 is 11.7 Å². The zero-order valence-electron chi connectivity index (χ0n) is 9.41. The summed E-state index contributed by atoms with van der Waals surface area (Å²) in [5.74, 6) is -0.267. The number of rotatable bonds is 4. The molecule has 0 fully saturated rings. The van der Waals surface area contributed by atoms with Crippen molar-refractivity contribution in [3.63, 3.8) is 0 Å². The molecule has 0 aromatic heterocycles. The Bertz CT molecular complexity index is 413. The van der Waals surface area contributed by atoms with Crippen molar-refractivity contribution in [2.24, 2.45) is 0 Å². The highest BCUT2D eigenvalue weighted by Gasteiger charge is 2.07. The Morgan fingerprint density at radius 2 is 2.06 bits per heavy atom. The highest BCUT2D eigenvalue weighted by Crippen LogP contribution is 2.18. The van der Waals surface area contributed by atoms with Crippen LogP contribution < -0.4 is 5.32 Å². The zero-order valence-corrected chi connectivity index (χ0v) is 9.41. The molecule has 0 saturated heterocycles. The fourth-order valence-corrected chi connectivity index (χ4v) is 1.30. The largest absolute Gasteiger partial charge is 0.507 e. The Balaban J connectivity index is 2.79. The summed E-state index contributed by atoms with van der Waals surface area (Å²) in [5.41, 5.74) is 1.08. The van der Waals surface area contributed by atoms with Crippen molar-refractivity contribution in [1.29, 1.82) is 0 Å². The molecule has 4 nitrogen and oxygen atoms in total. The number of benzene rings is 1. The number of phenols is 1. The van der Waals surface area contributed by atoms with Gasteiger partial charge in [-0.15, -0.1) is 0 Å². The van der Waals surface area contributed by atoms with E-state index in [1.54, 1.807) is 19.1 Å². The molecule has 0 unspecified atom stereocenters. The number of hydrogen-bond donors (Lipinski definition) is 2. The highest BCUT2D eigenvalue weighted by atomic mass is 16.3. The van der Waals surface area contributed by atoms with Gasteiger partial charge in [0.25, 0.3) is 0 Å². The van der Waals surface area contributed by atoms with E-state index in [0.717, 1.165) is 5.56 Å². The van der Waals surface area contributed by atoms with Gasteiger partial charge in [0.2, 0.25) is 5.91 Å². The molecule has 0 bridgehead atoms. The third-order valence-electron chi connectivity index (χ3n) is 2.25. The number of nitrogens with one attached hydrogen (secondary N) is 1. The van der Waals surface area contributed by atoms with E-state index in [4.69, 9.17) is 0 Å². The smallest absolute Gasteiger partial charge is 0.219 e. The molecule has 0 aliphatic carbocycles. The average molecular weight is 221 g/mol. The number of Topliss-reactive ketones (excluding diaryl/α,β-unsaturated/α-hetero) is 1. The molecule has 1 rings (SSSR count). The predicted octanol–water partition coefficient (Wildman–Crippen LogP) is 1.62. The molecule has 1 aromatic rings. The number of ketones is 1. The maximum Gasteiger partial charge on any atom is 0.219 e. The van der Waals surface area contributed by atoms with Gasteiger partial charge in [-0.1, -0.05) is 13.0 Å². The molecule has 4 heteroatoms. The van der Waals surface area contributed by atoms with Crippen LogP contribution in [0.2, 0.25) is 0 Å². The average Bonchev–Trinajstić information content (AvgIpc) is 2.27. The highest BCUT2D eigenvalue weighted by molar-refractivity contribution is 5.96. The van der Waals surface area contributed by atoms with E-state index in [9.17, 15) is 14.7 Å². The van der Waals surface area contributed by atoms with Crippen LogP contribution in [0.15, 0.2) is 18.2 Å². The first-order valence-electron chi connectivity index (χ1n) is 5.14. The molecular weight excluding hydrogens is 206 g/mol. The fourth-order valence-electron chi connectivity index (χ4n) is 1.30. The molecule has 0 aliphatic heterocycles. The minimum Gasteiger partial charge on any atom is -0.507 e. The molecule has 0 aliphatic rings. The lowest BCUT2D eigenvalue weighted by atomic mass is 10.1. The molecule has 0 spiro atoms. The van der Waals surface area contributed by atoms with E-state index in [0.29, 0.717) is 13.0 Å². The summed E-state index contributed by atoms with van der Waals surface area (Å²) < 4.78 is 0. The lowest BCUT2D eigenvalue weighted by Crippen LogP contribution is -2.21. The topological polar surface area (TPSA) is 66.4 Å². The third-order valence-corrected chi connectivity index (χ3v) is 2.25. The number of amides is 1. The number of carbonyl (C=O) groups is 2. The van der Waals surface area contributed by atoms with Crippen molar-refractivity contribution in [3.05, 3.63) is 29.3 Å².